The predicted octanol–water partition coefficient (Wildman–Crippen LogP) is 3.16. The van der Waals surface area contributed by atoms with Crippen molar-refractivity contribution < 1.29 is 14.5 Å². The molecule has 1 aromatic rings. The van der Waals surface area contributed by atoms with Crippen LogP contribution in [0.1, 0.15) is 83.9 Å². The first-order valence-corrected chi connectivity index (χ1v) is 9.80. The van der Waals surface area contributed by atoms with Crippen LogP contribution >= 0.6 is 0 Å². The van der Waals surface area contributed by atoms with Crippen LogP contribution in [0.15, 0.2) is 12.4 Å². The standard InChI is InChI=1S/C20H36N2O2/c1-4-5-6-7-8-9-10-11-12-13-14-19-21(3)15-16-22(19)17-18(2)20(23)24/h15-16,18H,4-14,17H2,1-3H3. The van der Waals surface area contributed by atoms with E-state index in [0.717, 1.165) is 6.42 Å². The smallest absolute Gasteiger partial charge is 0.256 e. The predicted molar refractivity (Wildman–Crippen MR) is 95.3 cm³/mol. The van der Waals surface area contributed by atoms with Gasteiger partial charge in [-0.25, -0.2) is 9.13 Å². The van der Waals surface area contributed by atoms with Gasteiger partial charge in [-0.15, -0.1) is 0 Å². The molecule has 1 rings (SSSR count). The van der Waals surface area contributed by atoms with E-state index in [-0.39, 0.29) is 0 Å². The highest BCUT2D eigenvalue weighted by atomic mass is 16.4. The number of aliphatic carboxylic acids is 1. The number of carboxylic acid groups (broad SMARTS) is 1. The summed E-state index contributed by atoms with van der Waals surface area (Å²) in [5.74, 6) is -0.220. The minimum atomic E-state index is -0.976. The first-order valence-electron chi connectivity index (χ1n) is 9.80. The van der Waals surface area contributed by atoms with Crippen LogP contribution in [0.2, 0.25) is 0 Å². The fourth-order valence-electron chi connectivity index (χ4n) is 3.18. The quantitative estimate of drug-likeness (QED) is 0.387. The Morgan fingerprint density at radius 2 is 1.62 bits per heavy atom. The lowest BCUT2D eigenvalue weighted by Gasteiger charge is -2.11. The second-order valence-corrected chi connectivity index (χ2v) is 7.13. The van der Waals surface area contributed by atoms with Crippen molar-refractivity contribution in [2.24, 2.45) is 13.0 Å². The van der Waals surface area contributed by atoms with E-state index in [1.54, 1.807) is 6.92 Å². The number of aromatic nitrogens is 2. The number of rotatable bonds is 14. The molecule has 1 aromatic heterocycles. The van der Waals surface area contributed by atoms with E-state index in [9.17, 15) is 9.90 Å². The summed E-state index contributed by atoms with van der Waals surface area (Å²) >= 11 is 0. The molecule has 0 saturated heterocycles. The molecule has 1 unspecified atom stereocenters. The Bertz CT molecular complexity index is 468. The Balaban J connectivity index is 2.19. The summed E-state index contributed by atoms with van der Waals surface area (Å²) in [5, 5.41) is 10.9. The molecule has 4 nitrogen and oxygen atoms in total. The number of hydrogen-bond acceptors (Lipinski definition) is 2. The monoisotopic (exact) mass is 336 g/mol. The SMILES string of the molecule is CCCCCCCCCCCCc1n(CC(C)C(=O)[O-])cc[n+]1C. The summed E-state index contributed by atoms with van der Waals surface area (Å²) in [6.07, 6.45) is 18.4. The van der Waals surface area contributed by atoms with Gasteiger partial charge in [-0.2, -0.15) is 0 Å². The lowest BCUT2D eigenvalue weighted by molar-refractivity contribution is -0.678. The minimum Gasteiger partial charge on any atom is -0.550 e. The Morgan fingerprint density at radius 1 is 1.08 bits per heavy atom. The number of hydrogen-bond donors (Lipinski definition) is 0. The second kappa shape index (κ2) is 12.1. The molecule has 1 heterocycles. The fraction of sp³-hybridized carbons (Fsp3) is 0.800. The summed E-state index contributed by atoms with van der Waals surface area (Å²) < 4.78 is 4.17. The first kappa shape index (κ1) is 20.7. The topological polar surface area (TPSA) is 48.9 Å². The average Bonchev–Trinajstić information content (AvgIpc) is 2.89. The van der Waals surface area contributed by atoms with Gasteiger partial charge in [-0.1, -0.05) is 71.6 Å². The van der Waals surface area contributed by atoms with E-state index in [4.69, 9.17) is 0 Å². The van der Waals surface area contributed by atoms with Crippen LogP contribution in [0.4, 0.5) is 0 Å². The van der Waals surface area contributed by atoms with E-state index in [1.165, 1.54) is 70.0 Å². The third kappa shape index (κ3) is 7.98. The van der Waals surface area contributed by atoms with Crippen LogP contribution in [0.25, 0.3) is 0 Å². The van der Waals surface area contributed by atoms with Gasteiger partial charge in [-0.05, 0) is 6.42 Å². The Hall–Kier alpha value is -1.32. The summed E-state index contributed by atoms with van der Waals surface area (Å²) in [5.41, 5.74) is 0. The van der Waals surface area contributed by atoms with Crippen molar-refractivity contribution in [3.05, 3.63) is 18.2 Å². The van der Waals surface area contributed by atoms with E-state index in [1.807, 2.05) is 19.4 Å². The minimum absolute atomic E-state index is 0.455. The molecule has 4 heteroatoms. The number of carboxylic acids is 1. The molecule has 0 spiro atoms. The van der Waals surface area contributed by atoms with Gasteiger partial charge in [0.15, 0.2) is 0 Å². The third-order valence-electron chi connectivity index (χ3n) is 4.84. The molecule has 0 saturated carbocycles. The third-order valence-corrected chi connectivity index (χ3v) is 4.84. The maximum atomic E-state index is 10.9. The van der Waals surface area contributed by atoms with Gasteiger partial charge in [0.25, 0.3) is 5.82 Å². The molecule has 0 aliphatic rings. The number of aryl methyl sites for hydroxylation is 1. The van der Waals surface area contributed by atoms with Gasteiger partial charge in [-0.3, -0.25) is 0 Å². The summed E-state index contributed by atoms with van der Waals surface area (Å²) in [6.45, 7) is 4.46. The second-order valence-electron chi connectivity index (χ2n) is 7.13. The summed E-state index contributed by atoms with van der Waals surface area (Å²) in [4.78, 5) is 10.9. The lowest BCUT2D eigenvalue weighted by Crippen LogP contribution is -2.35. The zero-order chi connectivity index (χ0) is 17.8. The highest BCUT2D eigenvalue weighted by Crippen LogP contribution is 2.12. The van der Waals surface area contributed by atoms with Gasteiger partial charge in [0.1, 0.15) is 12.4 Å². The zero-order valence-electron chi connectivity index (χ0n) is 15.9. The van der Waals surface area contributed by atoms with Crippen molar-refractivity contribution in [3.8, 4) is 0 Å². The van der Waals surface area contributed by atoms with E-state index >= 15 is 0 Å². The van der Waals surface area contributed by atoms with Crippen LogP contribution in [0, 0.1) is 5.92 Å². The molecule has 0 fully saturated rings. The van der Waals surface area contributed by atoms with Crippen molar-refractivity contribution in [3.63, 3.8) is 0 Å². The number of carbonyl (C=O) groups is 1. The molecule has 0 aromatic carbocycles. The van der Waals surface area contributed by atoms with E-state index < -0.39 is 11.9 Å². The molecule has 24 heavy (non-hydrogen) atoms. The number of nitrogens with zero attached hydrogens (tertiary/aromatic N) is 2. The van der Waals surface area contributed by atoms with Crippen LogP contribution in [0.3, 0.4) is 0 Å². The number of imidazole rings is 1. The van der Waals surface area contributed by atoms with Crippen LogP contribution in [0.5, 0.6) is 0 Å². The molecule has 138 valence electrons. The maximum Gasteiger partial charge on any atom is 0.256 e. The molecule has 0 amide bonds. The average molecular weight is 337 g/mol. The zero-order valence-corrected chi connectivity index (χ0v) is 15.9. The van der Waals surface area contributed by atoms with Gasteiger partial charge < -0.3 is 9.90 Å². The lowest BCUT2D eigenvalue weighted by atomic mass is 10.1. The Morgan fingerprint density at radius 3 is 2.17 bits per heavy atom. The van der Waals surface area contributed by atoms with E-state index in [0.29, 0.717) is 6.54 Å². The normalized spacial score (nSPS) is 12.5. The highest BCUT2D eigenvalue weighted by molar-refractivity contribution is 5.66. The van der Waals surface area contributed by atoms with Gasteiger partial charge in [0, 0.05) is 18.3 Å². The van der Waals surface area contributed by atoms with Gasteiger partial charge in [0.2, 0.25) is 0 Å². The van der Waals surface area contributed by atoms with Gasteiger partial charge in [0.05, 0.1) is 13.6 Å². The van der Waals surface area contributed by atoms with Gasteiger partial charge >= 0.3 is 0 Å². The van der Waals surface area contributed by atoms with Crippen molar-refractivity contribution in [1.29, 1.82) is 0 Å². The molecular weight excluding hydrogens is 300 g/mol. The first-order chi connectivity index (χ1) is 11.6. The maximum absolute atomic E-state index is 10.9. The van der Waals surface area contributed by atoms with E-state index in [2.05, 4.69) is 16.1 Å². The molecule has 0 aliphatic carbocycles. The molecule has 0 radical (unpaired) electrons. The highest BCUT2D eigenvalue weighted by Gasteiger charge is 2.16. The van der Waals surface area contributed by atoms with Crippen LogP contribution in [-0.2, 0) is 24.8 Å². The van der Waals surface area contributed by atoms with Crippen molar-refractivity contribution in [2.45, 2.75) is 91.0 Å². The Kier molecular flexibility index (Phi) is 10.4. The Labute approximate surface area is 147 Å². The molecule has 0 N–H and O–H groups in total. The van der Waals surface area contributed by atoms with Crippen LogP contribution in [-0.4, -0.2) is 10.5 Å². The molecular formula is C20H36N2O2. The largest absolute Gasteiger partial charge is 0.550 e. The van der Waals surface area contributed by atoms with Crippen molar-refractivity contribution >= 4 is 5.97 Å². The van der Waals surface area contributed by atoms with Crippen molar-refractivity contribution in [2.75, 3.05) is 0 Å². The van der Waals surface area contributed by atoms with Crippen LogP contribution < -0.4 is 9.67 Å². The molecule has 0 aliphatic heterocycles. The van der Waals surface area contributed by atoms with Crippen molar-refractivity contribution in [1.82, 2.24) is 4.57 Å². The number of carbonyl (C=O) groups excluding carboxylic acids is 1. The summed E-state index contributed by atoms with van der Waals surface area (Å²) in [6, 6.07) is 0. The number of unbranched alkanes of at least 4 members (excludes halogenated alkanes) is 9. The fourth-order valence-corrected chi connectivity index (χ4v) is 3.18. The molecule has 1 atom stereocenters. The molecule has 0 bridgehead atoms. The summed E-state index contributed by atoms with van der Waals surface area (Å²) in [7, 11) is 2.03.